The summed E-state index contributed by atoms with van der Waals surface area (Å²) >= 11 is 0. The monoisotopic (exact) mass is 481 g/mol. The minimum absolute atomic E-state index is 0.110. The maximum atomic E-state index is 14.2. The van der Waals surface area contributed by atoms with E-state index in [0.717, 1.165) is 12.1 Å². The fourth-order valence-electron chi connectivity index (χ4n) is 4.02. The van der Waals surface area contributed by atoms with Crippen LogP contribution in [0, 0.1) is 5.82 Å². The lowest BCUT2D eigenvalue weighted by atomic mass is 9.73. The zero-order valence-electron chi connectivity index (χ0n) is 18.6. The van der Waals surface area contributed by atoms with Crippen LogP contribution < -0.4 is 4.74 Å². The highest BCUT2D eigenvalue weighted by molar-refractivity contribution is 5.95. The first-order chi connectivity index (χ1) is 15.8. The Kier molecular flexibility index (Phi) is 6.75. The Morgan fingerprint density at radius 2 is 1.76 bits per heavy atom. The van der Waals surface area contributed by atoms with Crippen LogP contribution in [0.1, 0.15) is 41.9 Å². The van der Waals surface area contributed by atoms with Crippen LogP contribution in [0.15, 0.2) is 53.1 Å². The first-order valence-electron chi connectivity index (χ1n) is 10.2. The van der Waals surface area contributed by atoms with E-state index in [9.17, 15) is 32.6 Å². The summed E-state index contributed by atoms with van der Waals surface area (Å²) in [6, 6.07) is 11.4. The Balaban J connectivity index is 2.06. The van der Waals surface area contributed by atoms with Crippen LogP contribution in [0.25, 0.3) is 11.3 Å². The molecule has 0 aliphatic rings. The molecule has 0 radical (unpaired) electrons. The number of aromatic nitrogens is 1. The van der Waals surface area contributed by atoms with E-state index in [1.807, 2.05) is 0 Å². The van der Waals surface area contributed by atoms with Gasteiger partial charge in [0, 0.05) is 17.5 Å². The van der Waals surface area contributed by atoms with Gasteiger partial charge in [0.1, 0.15) is 22.8 Å². The van der Waals surface area contributed by atoms with Crippen molar-refractivity contribution >= 4 is 5.97 Å². The molecular formula is C24H23F4NO5. The van der Waals surface area contributed by atoms with Crippen LogP contribution >= 0.6 is 0 Å². The number of hydrogen-bond donors (Lipinski definition) is 2. The van der Waals surface area contributed by atoms with E-state index in [1.165, 1.54) is 39.2 Å². The van der Waals surface area contributed by atoms with Gasteiger partial charge in [0.05, 0.1) is 7.11 Å². The predicted octanol–water partition coefficient (Wildman–Crippen LogP) is 5.39. The molecule has 6 nitrogen and oxygen atoms in total. The number of alkyl halides is 3. The van der Waals surface area contributed by atoms with Crippen LogP contribution in [-0.2, 0) is 11.8 Å². The second-order valence-corrected chi connectivity index (χ2v) is 8.61. The topological polar surface area (TPSA) is 92.8 Å². The van der Waals surface area contributed by atoms with Gasteiger partial charge >= 0.3 is 12.1 Å². The van der Waals surface area contributed by atoms with Crippen LogP contribution in [0.5, 0.6) is 5.75 Å². The Hall–Kier alpha value is -3.40. The number of carboxylic acid groups (broad SMARTS) is 1. The van der Waals surface area contributed by atoms with Gasteiger partial charge in [-0.3, -0.25) is 0 Å². The number of aliphatic hydroxyl groups is 1. The molecule has 182 valence electrons. The van der Waals surface area contributed by atoms with Gasteiger partial charge in [-0.15, -0.1) is 0 Å². The SMILES string of the molecule is COc1ccc(F)cc1C(C)(C)CC(O)(Cc1onc(-c2ccccc2)c1C(=O)O)C(F)(F)F. The van der Waals surface area contributed by atoms with Gasteiger partial charge in [0.2, 0.25) is 0 Å². The van der Waals surface area contributed by atoms with Crippen molar-refractivity contribution in [3.8, 4) is 17.0 Å². The van der Waals surface area contributed by atoms with Gasteiger partial charge in [-0.25, -0.2) is 9.18 Å². The van der Waals surface area contributed by atoms with E-state index in [4.69, 9.17) is 9.26 Å². The van der Waals surface area contributed by atoms with Crippen LogP contribution in [0.2, 0.25) is 0 Å². The fourth-order valence-corrected chi connectivity index (χ4v) is 4.02. The quantitative estimate of drug-likeness (QED) is 0.419. The minimum Gasteiger partial charge on any atom is -0.496 e. The van der Waals surface area contributed by atoms with E-state index in [1.54, 1.807) is 18.2 Å². The summed E-state index contributed by atoms with van der Waals surface area (Å²) in [7, 11) is 1.29. The van der Waals surface area contributed by atoms with Crippen molar-refractivity contribution in [3.63, 3.8) is 0 Å². The third-order valence-corrected chi connectivity index (χ3v) is 5.63. The summed E-state index contributed by atoms with van der Waals surface area (Å²) in [5.41, 5.74) is -5.16. The number of nitrogens with zero attached hydrogens (tertiary/aromatic N) is 1. The summed E-state index contributed by atoms with van der Waals surface area (Å²) in [6.45, 7) is 2.80. The van der Waals surface area contributed by atoms with Gasteiger partial charge in [0.15, 0.2) is 11.4 Å². The maximum absolute atomic E-state index is 14.2. The number of carboxylic acids is 1. The lowest BCUT2D eigenvalue weighted by Crippen LogP contribution is -2.51. The molecule has 0 fully saturated rings. The lowest BCUT2D eigenvalue weighted by molar-refractivity contribution is -0.267. The van der Waals surface area contributed by atoms with Crippen molar-refractivity contribution in [1.82, 2.24) is 5.16 Å². The number of carbonyl (C=O) groups is 1. The third kappa shape index (κ3) is 4.91. The molecule has 2 aromatic carbocycles. The molecule has 0 aliphatic heterocycles. The Morgan fingerprint density at radius 3 is 2.32 bits per heavy atom. The number of methoxy groups -OCH3 is 1. The molecule has 3 rings (SSSR count). The first-order valence-corrected chi connectivity index (χ1v) is 10.2. The van der Waals surface area contributed by atoms with Gasteiger partial charge in [-0.2, -0.15) is 13.2 Å². The number of halogens is 4. The van der Waals surface area contributed by atoms with Crippen LogP contribution in [-0.4, -0.2) is 40.2 Å². The molecule has 1 aromatic heterocycles. The normalized spacial score (nSPS) is 14.0. The highest BCUT2D eigenvalue weighted by Gasteiger charge is 2.57. The average molecular weight is 481 g/mol. The summed E-state index contributed by atoms with van der Waals surface area (Å²) in [5, 5.41) is 24.2. The average Bonchev–Trinajstić information content (AvgIpc) is 3.16. The molecule has 3 aromatic rings. The zero-order chi connectivity index (χ0) is 25.3. The van der Waals surface area contributed by atoms with E-state index < -0.39 is 53.1 Å². The molecule has 34 heavy (non-hydrogen) atoms. The fraction of sp³-hybridized carbons (Fsp3) is 0.333. The summed E-state index contributed by atoms with van der Waals surface area (Å²) < 4.78 is 66.7. The van der Waals surface area contributed by atoms with Crippen molar-refractivity contribution in [1.29, 1.82) is 0 Å². The molecule has 0 bridgehead atoms. The largest absolute Gasteiger partial charge is 0.496 e. The highest BCUT2D eigenvalue weighted by Crippen LogP contribution is 2.45. The second-order valence-electron chi connectivity index (χ2n) is 8.61. The van der Waals surface area contributed by atoms with Crippen molar-refractivity contribution < 1.29 is 41.8 Å². The van der Waals surface area contributed by atoms with Crippen molar-refractivity contribution in [2.75, 3.05) is 7.11 Å². The van der Waals surface area contributed by atoms with E-state index in [2.05, 4.69) is 5.16 Å². The molecule has 0 spiro atoms. The Morgan fingerprint density at radius 1 is 1.12 bits per heavy atom. The molecule has 10 heteroatoms. The molecule has 0 saturated heterocycles. The molecule has 1 heterocycles. The van der Waals surface area contributed by atoms with Gasteiger partial charge in [-0.05, 0) is 30.0 Å². The number of hydrogen-bond acceptors (Lipinski definition) is 5. The number of benzene rings is 2. The van der Waals surface area contributed by atoms with Crippen molar-refractivity contribution in [3.05, 3.63) is 71.2 Å². The Bertz CT molecular complexity index is 1170. The van der Waals surface area contributed by atoms with E-state index in [-0.39, 0.29) is 17.0 Å². The van der Waals surface area contributed by atoms with Gasteiger partial charge < -0.3 is 19.5 Å². The minimum atomic E-state index is -5.18. The second kappa shape index (κ2) is 9.09. The number of aromatic carboxylic acids is 1. The highest BCUT2D eigenvalue weighted by atomic mass is 19.4. The standard InChI is InChI=1S/C24H23F4NO5/c1-22(2,16-11-15(25)9-10-17(16)33-3)13-23(32,24(26,27)28)12-18-19(21(30)31)20(29-34-18)14-7-5-4-6-8-14/h4-11,32H,12-13H2,1-3H3,(H,30,31). The van der Waals surface area contributed by atoms with Crippen molar-refractivity contribution in [2.24, 2.45) is 0 Å². The number of rotatable bonds is 8. The van der Waals surface area contributed by atoms with Gasteiger partial charge in [0.25, 0.3) is 0 Å². The number of ether oxygens (including phenoxy) is 1. The third-order valence-electron chi connectivity index (χ3n) is 5.63. The molecule has 0 saturated carbocycles. The van der Waals surface area contributed by atoms with Crippen LogP contribution in [0.3, 0.4) is 0 Å². The zero-order valence-corrected chi connectivity index (χ0v) is 18.6. The molecule has 2 N–H and O–H groups in total. The molecule has 0 aliphatic carbocycles. The van der Waals surface area contributed by atoms with E-state index >= 15 is 0 Å². The molecule has 1 atom stereocenters. The predicted molar refractivity (Wildman–Crippen MR) is 114 cm³/mol. The maximum Gasteiger partial charge on any atom is 0.417 e. The first kappa shape index (κ1) is 25.2. The summed E-state index contributed by atoms with van der Waals surface area (Å²) in [4.78, 5) is 11.9. The lowest BCUT2D eigenvalue weighted by Gasteiger charge is -2.38. The molecule has 0 amide bonds. The molecule has 1 unspecified atom stereocenters. The van der Waals surface area contributed by atoms with Crippen molar-refractivity contribution in [2.45, 2.75) is 43.9 Å². The summed E-state index contributed by atoms with van der Waals surface area (Å²) in [5.74, 6) is -2.72. The Labute approximate surface area is 192 Å². The van der Waals surface area contributed by atoms with Gasteiger partial charge in [-0.1, -0.05) is 49.3 Å². The summed E-state index contributed by atoms with van der Waals surface area (Å²) in [6.07, 6.45) is -7.33. The smallest absolute Gasteiger partial charge is 0.417 e. The van der Waals surface area contributed by atoms with Crippen LogP contribution in [0.4, 0.5) is 17.6 Å². The molecular weight excluding hydrogens is 458 g/mol. The van der Waals surface area contributed by atoms with E-state index in [0.29, 0.717) is 5.56 Å².